The summed E-state index contributed by atoms with van der Waals surface area (Å²) in [7, 11) is 0. The van der Waals surface area contributed by atoms with Crippen molar-refractivity contribution in [3.63, 3.8) is 0 Å². The molecule has 2 heterocycles. The van der Waals surface area contributed by atoms with Gasteiger partial charge in [-0.1, -0.05) is 17.7 Å². The Balaban J connectivity index is 1.45. The SMILES string of the molecule is O=C(O)C1CC2CCC1N2CCCOc1cccc(Cl)c1. The third-order valence-corrected chi connectivity index (χ3v) is 4.86. The number of nitrogens with zero attached hydrogens (tertiary/aromatic N) is 1. The number of aliphatic carboxylic acids is 1. The zero-order valence-corrected chi connectivity index (χ0v) is 12.6. The minimum atomic E-state index is -0.637. The van der Waals surface area contributed by atoms with Crippen molar-refractivity contribution < 1.29 is 14.6 Å². The number of fused-ring (bicyclic) bond motifs is 2. The first-order valence-electron chi connectivity index (χ1n) is 7.52. The maximum absolute atomic E-state index is 11.2. The van der Waals surface area contributed by atoms with Crippen molar-refractivity contribution in [3.8, 4) is 5.75 Å². The molecule has 3 rings (SSSR count). The van der Waals surface area contributed by atoms with E-state index in [-0.39, 0.29) is 12.0 Å². The second kappa shape index (κ2) is 6.24. The van der Waals surface area contributed by atoms with E-state index in [4.69, 9.17) is 16.3 Å². The fourth-order valence-electron chi connectivity index (χ4n) is 3.71. The number of halogens is 1. The van der Waals surface area contributed by atoms with Crippen molar-refractivity contribution >= 4 is 17.6 Å². The number of carboxylic acid groups (broad SMARTS) is 1. The van der Waals surface area contributed by atoms with Gasteiger partial charge in [-0.3, -0.25) is 9.69 Å². The zero-order valence-electron chi connectivity index (χ0n) is 11.9. The largest absolute Gasteiger partial charge is 0.493 e. The lowest BCUT2D eigenvalue weighted by molar-refractivity contribution is -0.142. The van der Waals surface area contributed by atoms with Gasteiger partial charge in [-0.25, -0.2) is 0 Å². The van der Waals surface area contributed by atoms with Gasteiger partial charge in [0.2, 0.25) is 0 Å². The van der Waals surface area contributed by atoms with Crippen LogP contribution in [0.2, 0.25) is 5.02 Å². The van der Waals surface area contributed by atoms with E-state index < -0.39 is 5.97 Å². The molecule has 2 aliphatic rings. The highest BCUT2D eigenvalue weighted by molar-refractivity contribution is 6.30. The van der Waals surface area contributed by atoms with Crippen LogP contribution in [0.5, 0.6) is 5.75 Å². The Morgan fingerprint density at radius 3 is 3.00 bits per heavy atom. The summed E-state index contributed by atoms with van der Waals surface area (Å²) < 4.78 is 5.68. The number of carboxylic acids is 1. The van der Waals surface area contributed by atoms with Gasteiger partial charge < -0.3 is 9.84 Å². The Kier molecular flexibility index (Phi) is 4.36. The molecule has 2 bridgehead atoms. The molecular weight excluding hydrogens is 290 g/mol. The van der Waals surface area contributed by atoms with Crippen LogP contribution in [-0.2, 0) is 4.79 Å². The van der Waals surface area contributed by atoms with E-state index in [0.717, 1.165) is 38.0 Å². The Morgan fingerprint density at radius 2 is 2.29 bits per heavy atom. The molecule has 4 nitrogen and oxygen atoms in total. The van der Waals surface area contributed by atoms with E-state index in [1.165, 1.54) is 0 Å². The van der Waals surface area contributed by atoms with E-state index in [1.54, 1.807) is 0 Å². The van der Waals surface area contributed by atoms with Gasteiger partial charge >= 0.3 is 5.97 Å². The molecular formula is C16H20ClNO3. The first kappa shape index (κ1) is 14.7. The fraction of sp³-hybridized carbons (Fsp3) is 0.562. The zero-order chi connectivity index (χ0) is 14.8. The lowest BCUT2D eigenvalue weighted by atomic mass is 9.89. The summed E-state index contributed by atoms with van der Waals surface area (Å²) in [5.41, 5.74) is 0. The standard InChI is InChI=1S/C16H20ClNO3/c17-11-3-1-4-13(9-11)21-8-2-7-18-12-5-6-15(18)14(10-12)16(19)20/h1,3-4,9,12,14-15H,2,5-8,10H2,(H,19,20). The molecule has 0 aliphatic carbocycles. The molecule has 21 heavy (non-hydrogen) atoms. The van der Waals surface area contributed by atoms with Crippen molar-refractivity contribution in [2.45, 2.75) is 37.8 Å². The second-order valence-corrected chi connectivity index (χ2v) is 6.31. The number of rotatable bonds is 6. The summed E-state index contributed by atoms with van der Waals surface area (Å²) in [5.74, 6) is -0.0183. The molecule has 3 unspecified atom stereocenters. The normalized spacial score (nSPS) is 28.0. The molecule has 2 fully saturated rings. The van der Waals surface area contributed by atoms with Crippen molar-refractivity contribution in [1.82, 2.24) is 4.90 Å². The molecule has 3 atom stereocenters. The van der Waals surface area contributed by atoms with Gasteiger partial charge in [0.1, 0.15) is 5.75 Å². The monoisotopic (exact) mass is 309 g/mol. The van der Waals surface area contributed by atoms with Gasteiger partial charge in [0.25, 0.3) is 0 Å². The molecule has 0 aromatic heterocycles. The Bertz CT molecular complexity index is 522. The van der Waals surface area contributed by atoms with Crippen LogP contribution in [0.4, 0.5) is 0 Å². The van der Waals surface area contributed by atoms with Crippen LogP contribution in [0, 0.1) is 5.92 Å². The van der Waals surface area contributed by atoms with E-state index in [9.17, 15) is 9.90 Å². The van der Waals surface area contributed by atoms with E-state index in [0.29, 0.717) is 17.7 Å². The molecule has 0 amide bonds. The average molecular weight is 310 g/mol. The number of hydrogen-bond acceptors (Lipinski definition) is 3. The Hall–Kier alpha value is -1.26. The van der Waals surface area contributed by atoms with Crippen molar-refractivity contribution in [2.75, 3.05) is 13.2 Å². The molecule has 1 aromatic rings. The predicted molar refractivity (Wildman–Crippen MR) is 80.8 cm³/mol. The average Bonchev–Trinajstić information content (AvgIpc) is 3.01. The van der Waals surface area contributed by atoms with Crippen LogP contribution >= 0.6 is 11.6 Å². The van der Waals surface area contributed by atoms with Gasteiger partial charge in [0, 0.05) is 23.7 Å². The van der Waals surface area contributed by atoms with Crippen LogP contribution < -0.4 is 4.74 Å². The number of benzene rings is 1. The highest BCUT2D eigenvalue weighted by atomic mass is 35.5. The molecule has 1 aromatic carbocycles. The predicted octanol–water partition coefficient (Wildman–Crippen LogP) is 3.05. The highest BCUT2D eigenvalue weighted by Crippen LogP contribution is 2.41. The third kappa shape index (κ3) is 3.16. The summed E-state index contributed by atoms with van der Waals surface area (Å²) >= 11 is 5.91. The minimum absolute atomic E-state index is 0.169. The number of carbonyl (C=O) groups is 1. The van der Waals surface area contributed by atoms with Crippen LogP contribution in [0.15, 0.2) is 24.3 Å². The van der Waals surface area contributed by atoms with Crippen LogP contribution in [0.25, 0.3) is 0 Å². The maximum Gasteiger partial charge on any atom is 0.308 e. The van der Waals surface area contributed by atoms with Gasteiger partial charge in [-0.15, -0.1) is 0 Å². The number of hydrogen-bond donors (Lipinski definition) is 1. The van der Waals surface area contributed by atoms with Crippen LogP contribution in [0.3, 0.4) is 0 Å². The molecule has 1 N–H and O–H groups in total. The summed E-state index contributed by atoms with van der Waals surface area (Å²) in [6.45, 7) is 1.55. The van der Waals surface area contributed by atoms with E-state index in [2.05, 4.69) is 4.90 Å². The second-order valence-electron chi connectivity index (χ2n) is 5.88. The molecule has 0 spiro atoms. The minimum Gasteiger partial charge on any atom is -0.493 e. The Labute approximate surface area is 129 Å². The van der Waals surface area contributed by atoms with Gasteiger partial charge in [0.15, 0.2) is 0 Å². The van der Waals surface area contributed by atoms with Gasteiger partial charge in [-0.2, -0.15) is 0 Å². The third-order valence-electron chi connectivity index (χ3n) is 4.62. The molecule has 114 valence electrons. The lowest BCUT2D eigenvalue weighted by Crippen LogP contribution is -2.34. The lowest BCUT2D eigenvalue weighted by Gasteiger charge is -2.22. The van der Waals surface area contributed by atoms with E-state index in [1.807, 2.05) is 24.3 Å². The molecule has 2 aliphatic heterocycles. The van der Waals surface area contributed by atoms with Crippen molar-refractivity contribution in [3.05, 3.63) is 29.3 Å². The Morgan fingerprint density at radius 1 is 1.43 bits per heavy atom. The van der Waals surface area contributed by atoms with E-state index >= 15 is 0 Å². The smallest absolute Gasteiger partial charge is 0.308 e. The van der Waals surface area contributed by atoms with Gasteiger partial charge in [0.05, 0.1) is 12.5 Å². The summed E-state index contributed by atoms with van der Waals surface area (Å²) in [6.07, 6.45) is 3.89. The fourth-order valence-corrected chi connectivity index (χ4v) is 3.89. The summed E-state index contributed by atoms with van der Waals surface area (Å²) in [5, 5.41) is 9.91. The van der Waals surface area contributed by atoms with Crippen molar-refractivity contribution in [2.24, 2.45) is 5.92 Å². The van der Waals surface area contributed by atoms with Crippen LogP contribution in [-0.4, -0.2) is 41.2 Å². The first-order valence-corrected chi connectivity index (χ1v) is 7.90. The number of ether oxygens (including phenoxy) is 1. The summed E-state index contributed by atoms with van der Waals surface area (Å²) in [4.78, 5) is 13.6. The topological polar surface area (TPSA) is 49.8 Å². The molecule has 0 radical (unpaired) electrons. The molecule has 0 saturated carbocycles. The quantitative estimate of drug-likeness (QED) is 0.821. The maximum atomic E-state index is 11.2. The highest BCUT2D eigenvalue weighted by Gasteiger charge is 2.48. The summed E-state index contributed by atoms with van der Waals surface area (Å²) in [6, 6.07) is 8.09. The van der Waals surface area contributed by atoms with Crippen LogP contribution in [0.1, 0.15) is 25.7 Å². The first-order chi connectivity index (χ1) is 10.1. The molecule has 2 saturated heterocycles. The van der Waals surface area contributed by atoms with Crippen molar-refractivity contribution in [1.29, 1.82) is 0 Å². The van der Waals surface area contributed by atoms with Gasteiger partial charge in [-0.05, 0) is 43.9 Å². The molecule has 5 heteroatoms.